The molecule has 1 N–H and O–H groups in total. The van der Waals surface area contributed by atoms with Crippen molar-refractivity contribution >= 4 is 23.1 Å². The Kier molecular flexibility index (Phi) is 4.64. The van der Waals surface area contributed by atoms with Crippen LogP contribution >= 0.6 is 0 Å². The molecule has 0 bridgehead atoms. The molecule has 0 radical (unpaired) electrons. The van der Waals surface area contributed by atoms with Crippen LogP contribution in [0.4, 0.5) is 27.5 Å². The third-order valence-electron chi connectivity index (χ3n) is 4.45. The molecule has 0 atom stereocenters. The van der Waals surface area contributed by atoms with E-state index in [0.717, 1.165) is 32.0 Å². The van der Waals surface area contributed by atoms with E-state index in [-0.39, 0.29) is 5.82 Å². The maximum Gasteiger partial charge on any atom is 0.229 e. The number of halogens is 1. The van der Waals surface area contributed by atoms with Gasteiger partial charge in [0.2, 0.25) is 5.95 Å². The Bertz CT molecular complexity index is 863. The molecule has 5 nitrogen and oxygen atoms in total. The van der Waals surface area contributed by atoms with Gasteiger partial charge in [0.15, 0.2) is 0 Å². The van der Waals surface area contributed by atoms with E-state index in [1.165, 1.54) is 17.8 Å². The first-order valence-corrected chi connectivity index (χ1v) is 8.68. The molecule has 1 aliphatic rings. The Hall–Kier alpha value is -3.15. The number of aromatic nitrogens is 2. The second-order valence-corrected chi connectivity index (χ2v) is 6.18. The monoisotopic (exact) mass is 349 g/mol. The highest BCUT2D eigenvalue weighted by Crippen LogP contribution is 2.20. The van der Waals surface area contributed by atoms with Crippen molar-refractivity contribution in [1.29, 1.82) is 0 Å². The summed E-state index contributed by atoms with van der Waals surface area (Å²) in [4.78, 5) is 13.4. The molecule has 0 unspecified atom stereocenters. The van der Waals surface area contributed by atoms with Gasteiger partial charge in [-0.2, -0.15) is 4.98 Å². The summed E-state index contributed by atoms with van der Waals surface area (Å²) >= 11 is 0. The Morgan fingerprint density at radius 1 is 0.846 bits per heavy atom. The zero-order chi connectivity index (χ0) is 17.8. The van der Waals surface area contributed by atoms with E-state index in [1.54, 1.807) is 18.3 Å². The van der Waals surface area contributed by atoms with Crippen LogP contribution in [0.5, 0.6) is 0 Å². The fraction of sp³-hybridized carbons (Fsp3) is 0.200. The van der Waals surface area contributed by atoms with Crippen molar-refractivity contribution in [3.8, 4) is 0 Å². The summed E-state index contributed by atoms with van der Waals surface area (Å²) in [5, 5.41) is 3.06. The lowest BCUT2D eigenvalue weighted by Gasteiger charge is -2.36. The second kappa shape index (κ2) is 7.39. The molecule has 1 fully saturated rings. The number of nitrogens with one attached hydrogen (secondary N) is 1. The van der Waals surface area contributed by atoms with Crippen molar-refractivity contribution in [2.45, 2.75) is 0 Å². The largest absolute Gasteiger partial charge is 0.368 e. The number of para-hydroxylation sites is 1. The molecule has 0 saturated carbocycles. The van der Waals surface area contributed by atoms with Crippen molar-refractivity contribution in [3.63, 3.8) is 0 Å². The lowest BCUT2D eigenvalue weighted by atomic mass is 10.2. The van der Waals surface area contributed by atoms with Crippen LogP contribution in [0.25, 0.3) is 0 Å². The zero-order valence-electron chi connectivity index (χ0n) is 14.3. The number of rotatable bonds is 4. The predicted molar refractivity (Wildman–Crippen MR) is 103 cm³/mol. The van der Waals surface area contributed by atoms with Crippen molar-refractivity contribution < 1.29 is 4.39 Å². The standard InChI is InChI=1S/C20H20FN5/c21-16-5-4-6-17(15-16)23-20-22-10-9-19(24-20)26-13-11-25(12-14-26)18-7-2-1-3-8-18/h1-10,15H,11-14H2,(H,22,23,24). The van der Waals surface area contributed by atoms with Gasteiger partial charge in [0.05, 0.1) is 0 Å². The number of piperazine rings is 1. The van der Waals surface area contributed by atoms with Crippen molar-refractivity contribution in [2.75, 3.05) is 41.3 Å². The number of anilines is 4. The molecule has 1 aromatic heterocycles. The highest BCUT2D eigenvalue weighted by atomic mass is 19.1. The summed E-state index contributed by atoms with van der Waals surface area (Å²) in [6, 6.07) is 18.6. The third kappa shape index (κ3) is 3.74. The normalized spacial score (nSPS) is 14.3. The summed E-state index contributed by atoms with van der Waals surface area (Å²) in [6.45, 7) is 3.68. The van der Waals surface area contributed by atoms with Gasteiger partial charge in [-0.05, 0) is 36.4 Å². The van der Waals surface area contributed by atoms with E-state index in [9.17, 15) is 4.39 Å². The molecule has 3 aromatic rings. The van der Waals surface area contributed by atoms with Gasteiger partial charge in [0.1, 0.15) is 11.6 Å². The van der Waals surface area contributed by atoms with E-state index in [1.807, 2.05) is 12.1 Å². The highest BCUT2D eigenvalue weighted by Gasteiger charge is 2.18. The maximum atomic E-state index is 13.3. The Morgan fingerprint density at radius 3 is 2.38 bits per heavy atom. The molecule has 1 aliphatic heterocycles. The number of hydrogen-bond acceptors (Lipinski definition) is 5. The molecule has 2 aromatic carbocycles. The summed E-state index contributed by atoms with van der Waals surface area (Å²) in [5.41, 5.74) is 1.89. The minimum Gasteiger partial charge on any atom is -0.368 e. The zero-order valence-corrected chi connectivity index (χ0v) is 14.3. The minimum absolute atomic E-state index is 0.289. The van der Waals surface area contributed by atoms with Gasteiger partial charge in [0, 0.05) is 43.8 Å². The van der Waals surface area contributed by atoms with E-state index in [2.05, 4.69) is 49.4 Å². The first-order valence-electron chi connectivity index (χ1n) is 8.68. The van der Waals surface area contributed by atoms with Crippen LogP contribution in [0.3, 0.4) is 0 Å². The Balaban J connectivity index is 1.43. The van der Waals surface area contributed by atoms with Crippen LogP contribution in [0.15, 0.2) is 66.9 Å². The lowest BCUT2D eigenvalue weighted by Crippen LogP contribution is -2.46. The van der Waals surface area contributed by atoms with E-state index in [4.69, 9.17) is 0 Å². The van der Waals surface area contributed by atoms with Gasteiger partial charge in [-0.15, -0.1) is 0 Å². The van der Waals surface area contributed by atoms with Crippen LogP contribution in [-0.4, -0.2) is 36.1 Å². The summed E-state index contributed by atoms with van der Waals surface area (Å²) < 4.78 is 13.3. The first kappa shape index (κ1) is 16.3. The predicted octanol–water partition coefficient (Wildman–Crippen LogP) is 3.69. The SMILES string of the molecule is Fc1cccc(Nc2nccc(N3CCN(c4ccccc4)CC3)n2)c1. The van der Waals surface area contributed by atoms with Crippen molar-refractivity contribution in [3.05, 3.63) is 72.7 Å². The van der Waals surface area contributed by atoms with Gasteiger partial charge in [-0.3, -0.25) is 0 Å². The van der Waals surface area contributed by atoms with E-state index in [0.29, 0.717) is 11.6 Å². The van der Waals surface area contributed by atoms with Gasteiger partial charge >= 0.3 is 0 Å². The lowest BCUT2D eigenvalue weighted by molar-refractivity contribution is 0.628. The smallest absolute Gasteiger partial charge is 0.229 e. The Labute approximate surface area is 152 Å². The van der Waals surface area contributed by atoms with Crippen LogP contribution in [0.1, 0.15) is 0 Å². The highest BCUT2D eigenvalue weighted by molar-refractivity contribution is 5.55. The molecule has 4 rings (SSSR count). The molecule has 0 amide bonds. The molecule has 2 heterocycles. The first-order chi connectivity index (χ1) is 12.8. The summed E-state index contributed by atoms with van der Waals surface area (Å²) in [5.74, 6) is 1.06. The van der Waals surface area contributed by atoms with Gasteiger partial charge in [0.25, 0.3) is 0 Å². The molecule has 6 heteroatoms. The summed E-state index contributed by atoms with van der Waals surface area (Å²) in [6.07, 6.45) is 1.73. The van der Waals surface area contributed by atoms with Crippen molar-refractivity contribution in [1.82, 2.24) is 9.97 Å². The van der Waals surface area contributed by atoms with Gasteiger partial charge in [-0.1, -0.05) is 24.3 Å². The summed E-state index contributed by atoms with van der Waals surface area (Å²) in [7, 11) is 0. The average molecular weight is 349 g/mol. The van der Waals surface area contributed by atoms with Crippen LogP contribution in [0, 0.1) is 5.82 Å². The molecule has 1 saturated heterocycles. The molecule has 132 valence electrons. The molecular formula is C20H20FN5. The fourth-order valence-electron chi connectivity index (χ4n) is 3.11. The van der Waals surface area contributed by atoms with Crippen molar-refractivity contribution in [2.24, 2.45) is 0 Å². The van der Waals surface area contributed by atoms with Crippen LogP contribution in [-0.2, 0) is 0 Å². The maximum absolute atomic E-state index is 13.3. The van der Waals surface area contributed by atoms with E-state index >= 15 is 0 Å². The molecule has 0 spiro atoms. The number of benzene rings is 2. The third-order valence-corrected chi connectivity index (χ3v) is 4.45. The fourth-order valence-corrected chi connectivity index (χ4v) is 3.11. The molecule has 0 aliphatic carbocycles. The van der Waals surface area contributed by atoms with Crippen LogP contribution in [0.2, 0.25) is 0 Å². The minimum atomic E-state index is -0.289. The molecule has 26 heavy (non-hydrogen) atoms. The Morgan fingerprint density at radius 2 is 1.62 bits per heavy atom. The average Bonchev–Trinajstić information content (AvgIpc) is 2.69. The van der Waals surface area contributed by atoms with E-state index < -0.39 is 0 Å². The number of nitrogens with zero attached hydrogens (tertiary/aromatic N) is 4. The van der Waals surface area contributed by atoms with Gasteiger partial charge in [-0.25, -0.2) is 9.37 Å². The number of hydrogen-bond donors (Lipinski definition) is 1. The topological polar surface area (TPSA) is 44.3 Å². The molecular weight excluding hydrogens is 329 g/mol. The second-order valence-electron chi connectivity index (χ2n) is 6.18. The van der Waals surface area contributed by atoms with Crippen LogP contribution < -0.4 is 15.1 Å². The quantitative estimate of drug-likeness (QED) is 0.778. The van der Waals surface area contributed by atoms with Gasteiger partial charge < -0.3 is 15.1 Å².